The molecule has 9 rings (SSSR count). The monoisotopic (exact) mass is 939 g/mol. The maximum atomic E-state index is 7.20. The van der Waals surface area contributed by atoms with E-state index < -0.39 is 5.41 Å². The first-order valence-corrected chi connectivity index (χ1v) is 25.4. The first-order chi connectivity index (χ1) is 33.2. The van der Waals surface area contributed by atoms with Crippen molar-refractivity contribution in [1.82, 2.24) is 14.1 Å². The fraction of sp³-hybridized carbons (Fsp3) is 0.333. The number of benzene rings is 6. The predicted octanol–water partition coefficient (Wildman–Crippen LogP) is 16.7. The molecule has 0 saturated carbocycles. The molecule has 364 valence electrons. The van der Waals surface area contributed by atoms with Gasteiger partial charge in [-0.25, -0.2) is 4.98 Å². The zero-order valence-electron chi connectivity index (χ0n) is 45.2. The quantitative estimate of drug-likeness (QED) is 0.107. The van der Waals surface area contributed by atoms with E-state index in [-0.39, 0.29) is 27.1 Å². The highest BCUT2D eigenvalue weighted by atomic mass is 16.5. The summed E-state index contributed by atoms with van der Waals surface area (Å²) in [5.41, 5.74) is 13.1. The molecule has 0 spiro atoms. The molecule has 0 amide bonds. The van der Waals surface area contributed by atoms with Gasteiger partial charge >= 0.3 is 0 Å². The molecule has 0 aliphatic carbocycles. The van der Waals surface area contributed by atoms with Gasteiger partial charge in [-0.3, -0.25) is 13.7 Å². The molecule has 5 nitrogen and oxygen atoms in total. The third-order valence-corrected chi connectivity index (χ3v) is 14.8. The highest BCUT2D eigenvalue weighted by molar-refractivity contribution is 6.09. The first kappa shape index (κ1) is 49.3. The summed E-state index contributed by atoms with van der Waals surface area (Å²) in [6, 6.07) is 53.2. The van der Waals surface area contributed by atoms with E-state index in [1.807, 2.05) is 6.20 Å². The first-order valence-electron chi connectivity index (χ1n) is 25.4. The minimum atomic E-state index is -0.410. The maximum absolute atomic E-state index is 7.20. The lowest BCUT2D eigenvalue weighted by atomic mass is 9.78. The Kier molecular flexibility index (Phi) is 12.2. The van der Waals surface area contributed by atoms with Crippen LogP contribution < -0.4 is 9.30 Å². The fourth-order valence-corrected chi connectivity index (χ4v) is 9.83. The lowest BCUT2D eigenvalue weighted by Crippen LogP contribution is -2.30. The van der Waals surface area contributed by atoms with Crippen molar-refractivity contribution in [2.45, 2.75) is 143 Å². The third kappa shape index (κ3) is 9.61. The number of hydrogen-bond acceptors (Lipinski definition) is 2. The van der Waals surface area contributed by atoms with Crippen LogP contribution in [0.5, 0.6) is 11.5 Å². The summed E-state index contributed by atoms with van der Waals surface area (Å²) in [4.78, 5) is 5.01. The van der Waals surface area contributed by atoms with Gasteiger partial charge < -0.3 is 4.74 Å². The highest BCUT2D eigenvalue weighted by Crippen LogP contribution is 2.42. The van der Waals surface area contributed by atoms with E-state index in [0.717, 1.165) is 56.4 Å². The number of ether oxygens (including phenoxy) is 1. The van der Waals surface area contributed by atoms with E-state index in [1.54, 1.807) is 0 Å². The van der Waals surface area contributed by atoms with Crippen molar-refractivity contribution in [2.24, 2.45) is 0 Å². The number of pyridine rings is 1. The van der Waals surface area contributed by atoms with Crippen LogP contribution in [0.2, 0.25) is 0 Å². The van der Waals surface area contributed by atoms with Gasteiger partial charge in [0.15, 0.2) is 0 Å². The van der Waals surface area contributed by atoms with Crippen molar-refractivity contribution in [1.29, 1.82) is 0 Å². The van der Waals surface area contributed by atoms with Crippen LogP contribution in [0.1, 0.15) is 155 Å². The minimum Gasteiger partial charge on any atom is -0.458 e. The maximum Gasteiger partial charge on any atom is 0.269 e. The second kappa shape index (κ2) is 17.5. The van der Waals surface area contributed by atoms with Crippen molar-refractivity contribution in [3.8, 4) is 28.7 Å². The Hall–Kier alpha value is -6.72. The second-order valence-electron chi connectivity index (χ2n) is 25.0. The van der Waals surface area contributed by atoms with E-state index in [2.05, 4.69) is 283 Å². The van der Waals surface area contributed by atoms with Gasteiger partial charge in [-0.15, -0.1) is 0 Å². The summed E-state index contributed by atoms with van der Waals surface area (Å²) in [7, 11) is 0. The van der Waals surface area contributed by atoms with Crippen LogP contribution in [0.15, 0.2) is 158 Å². The number of imidazole rings is 1. The molecule has 0 atom stereocenters. The lowest BCUT2D eigenvalue weighted by Gasteiger charge is -2.29. The van der Waals surface area contributed by atoms with Crippen LogP contribution in [0, 0.1) is 6.33 Å². The second-order valence-corrected chi connectivity index (χ2v) is 25.0. The van der Waals surface area contributed by atoms with Gasteiger partial charge in [0.1, 0.15) is 17.3 Å². The Morgan fingerprint density at radius 2 is 1.01 bits per heavy atom. The van der Waals surface area contributed by atoms with Gasteiger partial charge in [0.05, 0.1) is 28.1 Å². The molecule has 0 radical (unpaired) electrons. The van der Waals surface area contributed by atoms with E-state index >= 15 is 0 Å². The molecule has 0 unspecified atom stereocenters. The predicted molar refractivity (Wildman–Crippen MR) is 297 cm³/mol. The zero-order chi connectivity index (χ0) is 51.1. The van der Waals surface area contributed by atoms with Crippen LogP contribution in [-0.4, -0.2) is 14.1 Å². The molecular formula is C66H74N4O. The Bertz CT molecular complexity index is 3380. The summed E-state index contributed by atoms with van der Waals surface area (Å²) < 4.78 is 14.0. The average Bonchev–Trinajstić information content (AvgIpc) is 3.92. The number of hydrogen-bond donors (Lipinski definition) is 0. The zero-order valence-corrected chi connectivity index (χ0v) is 45.2. The molecule has 6 aromatic carbocycles. The molecule has 0 N–H and O–H groups in total. The van der Waals surface area contributed by atoms with E-state index in [9.17, 15) is 0 Å². The normalized spacial score (nSPS) is 13.1. The largest absolute Gasteiger partial charge is 0.458 e. The van der Waals surface area contributed by atoms with E-state index in [0.29, 0.717) is 0 Å². The van der Waals surface area contributed by atoms with Crippen molar-refractivity contribution >= 4 is 21.8 Å². The van der Waals surface area contributed by atoms with Crippen LogP contribution in [0.3, 0.4) is 0 Å². The topological polar surface area (TPSA) is 35.9 Å². The van der Waals surface area contributed by atoms with Gasteiger partial charge in [-0.2, -0.15) is 0 Å². The van der Waals surface area contributed by atoms with E-state index in [1.165, 1.54) is 38.8 Å². The number of nitrogens with zero attached hydrogens (tertiary/aromatic N) is 4. The van der Waals surface area contributed by atoms with Gasteiger partial charge in [0.25, 0.3) is 6.33 Å². The Balaban J connectivity index is 1.27. The van der Waals surface area contributed by atoms with Gasteiger partial charge in [0.2, 0.25) is 0 Å². The van der Waals surface area contributed by atoms with Crippen LogP contribution in [-0.2, 0) is 32.5 Å². The number of fused-ring (bicyclic) bond motifs is 3. The standard InChI is InChI=1S/C66H74N4O/c1-61(2,3)46-27-30-57-56(38-46)55-29-28-53(41-58(55)70(57)60-39-47(31-32-67-60)62(4,5)6)71-54-37-50(65(13,14)44-23-19-17-20-24-44)36-52(40-54)69-43-68(42-59(69)66(15,16)45-25-21-18-22-26-45)51-34-48(63(7,8)9)33-49(35-51)64(10,11)12/h17-42H,1-16H3. The summed E-state index contributed by atoms with van der Waals surface area (Å²) in [6.45, 7) is 36.6. The Morgan fingerprint density at radius 1 is 0.437 bits per heavy atom. The molecule has 0 fully saturated rings. The van der Waals surface area contributed by atoms with Gasteiger partial charge in [-0.1, -0.05) is 184 Å². The van der Waals surface area contributed by atoms with Crippen LogP contribution >= 0.6 is 0 Å². The van der Waals surface area contributed by atoms with Gasteiger partial charge in [-0.05, 0) is 127 Å². The molecule has 0 aliphatic heterocycles. The minimum absolute atomic E-state index is 0.00919. The molecule has 0 aliphatic rings. The smallest absolute Gasteiger partial charge is 0.269 e. The third-order valence-electron chi connectivity index (χ3n) is 14.8. The van der Waals surface area contributed by atoms with Crippen LogP contribution in [0.4, 0.5) is 0 Å². The number of rotatable bonds is 9. The average molecular weight is 939 g/mol. The summed E-state index contributed by atoms with van der Waals surface area (Å²) in [5, 5.41) is 2.36. The molecule has 71 heavy (non-hydrogen) atoms. The molecule has 0 saturated heterocycles. The summed E-state index contributed by atoms with van der Waals surface area (Å²) >= 11 is 0. The van der Waals surface area contributed by atoms with Gasteiger partial charge in [0, 0.05) is 40.1 Å². The van der Waals surface area contributed by atoms with E-state index in [4.69, 9.17) is 9.72 Å². The SMILES string of the molecule is CC(C)(C)c1cc(-[n+]2[c-]n(-c3cc(Oc4ccc5c6cc(C(C)(C)C)ccc6n(-c6cc(C(C)(C)C)ccn6)c5c4)cc(C(C)(C)c4ccccc4)c3)c(C(C)(C)c3ccccc3)c2)cc(C(C)(C)C)c1. The summed E-state index contributed by atoms with van der Waals surface area (Å²) in [6.07, 6.45) is 8.15. The Morgan fingerprint density at radius 3 is 1.61 bits per heavy atom. The number of aromatic nitrogens is 4. The highest BCUT2D eigenvalue weighted by Gasteiger charge is 2.32. The Labute approximate surface area is 424 Å². The molecule has 3 aromatic heterocycles. The van der Waals surface area contributed by atoms with Crippen molar-refractivity contribution < 1.29 is 9.30 Å². The lowest BCUT2D eigenvalue weighted by molar-refractivity contribution is -0.599. The van der Waals surface area contributed by atoms with Crippen molar-refractivity contribution in [3.05, 3.63) is 209 Å². The van der Waals surface area contributed by atoms with Crippen LogP contribution in [0.25, 0.3) is 39.0 Å². The van der Waals surface area contributed by atoms with Crippen molar-refractivity contribution in [3.63, 3.8) is 0 Å². The fourth-order valence-electron chi connectivity index (χ4n) is 9.83. The molecular weight excluding hydrogens is 865 g/mol. The summed E-state index contributed by atoms with van der Waals surface area (Å²) in [5.74, 6) is 2.38. The van der Waals surface area contributed by atoms with Crippen molar-refractivity contribution in [2.75, 3.05) is 0 Å². The molecule has 0 bridgehead atoms. The molecule has 9 aromatic rings. The molecule has 5 heteroatoms. The molecule has 3 heterocycles.